The molecular formula is C16H26N2O. The molecule has 1 atom stereocenters. The molecule has 1 saturated heterocycles. The molecule has 106 valence electrons. The smallest absolute Gasteiger partial charge is 0.0500 e. The zero-order valence-electron chi connectivity index (χ0n) is 12.3. The molecule has 0 aliphatic carbocycles. The summed E-state index contributed by atoms with van der Waals surface area (Å²) in [7, 11) is 0. The fourth-order valence-electron chi connectivity index (χ4n) is 2.93. The number of aryl methyl sites for hydroxylation is 1. The third-order valence-corrected chi connectivity index (χ3v) is 4.06. The minimum atomic E-state index is -0.132. The predicted octanol–water partition coefficient (Wildman–Crippen LogP) is 1.96. The van der Waals surface area contributed by atoms with Crippen LogP contribution in [0.1, 0.15) is 31.0 Å². The molecule has 2 rings (SSSR count). The molecule has 0 spiro atoms. The Balaban J connectivity index is 2.30. The van der Waals surface area contributed by atoms with E-state index in [4.69, 9.17) is 0 Å². The first-order valence-electron chi connectivity index (χ1n) is 7.17. The van der Waals surface area contributed by atoms with Crippen LogP contribution in [0.3, 0.4) is 0 Å². The second-order valence-corrected chi connectivity index (χ2v) is 6.25. The molecule has 1 heterocycles. The van der Waals surface area contributed by atoms with Crippen LogP contribution in [0.25, 0.3) is 0 Å². The van der Waals surface area contributed by atoms with E-state index in [0.29, 0.717) is 0 Å². The van der Waals surface area contributed by atoms with E-state index in [0.717, 1.165) is 26.2 Å². The van der Waals surface area contributed by atoms with Gasteiger partial charge in [0, 0.05) is 44.2 Å². The van der Waals surface area contributed by atoms with Gasteiger partial charge in [-0.3, -0.25) is 4.90 Å². The normalized spacial score (nSPS) is 19.4. The van der Waals surface area contributed by atoms with Crippen LogP contribution in [0.4, 0.5) is 0 Å². The average molecular weight is 262 g/mol. The van der Waals surface area contributed by atoms with Gasteiger partial charge in [0.2, 0.25) is 0 Å². The van der Waals surface area contributed by atoms with Gasteiger partial charge in [-0.15, -0.1) is 0 Å². The van der Waals surface area contributed by atoms with Gasteiger partial charge in [0.05, 0.1) is 0 Å². The number of nitrogens with zero attached hydrogens (tertiary/aromatic N) is 1. The molecule has 1 aromatic rings. The Morgan fingerprint density at radius 1 is 1.21 bits per heavy atom. The van der Waals surface area contributed by atoms with Gasteiger partial charge in [0.15, 0.2) is 0 Å². The van der Waals surface area contributed by atoms with Gasteiger partial charge >= 0.3 is 0 Å². The van der Waals surface area contributed by atoms with Gasteiger partial charge in [0.25, 0.3) is 0 Å². The number of aliphatic hydroxyl groups excluding tert-OH is 1. The lowest BCUT2D eigenvalue weighted by Gasteiger charge is -2.43. The molecule has 0 aromatic heterocycles. The molecule has 1 aromatic carbocycles. The van der Waals surface area contributed by atoms with E-state index >= 15 is 0 Å². The summed E-state index contributed by atoms with van der Waals surface area (Å²) < 4.78 is 0. The van der Waals surface area contributed by atoms with E-state index in [1.807, 2.05) is 0 Å². The van der Waals surface area contributed by atoms with Crippen LogP contribution in [0.15, 0.2) is 24.3 Å². The molecule has 1 aliphatic rings. The third-order valence-electron chi connectivity index (χ3n) is 4.06. The maximum absolute atomic E-state index is 9.77. The van der Waals surface area contributed by atoms with Crippen molar-refractivity contribution in [1.82, 2.24) is 10.2 Å². The Kier molecular flexibility index (Phi) is 4.61. The number of hydrogen-bond acceptors (Lipinski definition) is 3. The van der Waals surface area contributed by atoms with Crippen LogP contribution < -0.4 is 5.32 Å². The zero-order chi connectivity index (χ0) is 13.9. The van der Waals surface area contributed by atoms with Crippen molar-refractivity contribution in [2.24, 2.45) is 5.41 Å². The lowest BCUT2D eigenvalue weighted by Crippen LogP contribution is -2.49. The number of benzene rings is 1. The topological polar surface area (TPSA) is 35.5 Å². The number of hydrogen-bond donors (Lipinski definition) is 2. The van der Waals surface area contributed by atoms with Crippen LogP contribution >= 0.6 is 0 Å². The van der Waals surface area contributed by atoms with Crippen molar-refractivity contribution < 1.29 is 5.11 Å². The lowest BCUT2D eigenvalue weighted by molar-refractivity contribution is 0.0305. The largest absolute Gasteiger partial charge is 0.396 e. The molecule has 3 heteroatoms. The van der Waals surface area contributed by atoms with Crippen LogP contribution in [0.2, 0.25) is 0 Å². The van der Waals surface area contributed by atoms with E-state index in [2.05, 4.69) is 55.3 Å². The minimum absolute atomic E-state index is 0.132. The first kappa shape index (κ1) is 14.5. The molecule has 0 amide bonds. The molecule has 1 aliphatic heterocycles. The van der Waals surface area contributed by atoms with E-state index in [1.165, 1.54) is 11.1 Å². The SMILES string of the molecule is Cc1ccc([C@@H](N2CCNCC2)C(C)(C)CO)cc1. The average Bonchev–Trinajstić information content (AvgIpc) is 2.42. The quantitative estimate of drug-likeness (QED) is 0.871. The fourth-order valence-corrected chi connectivity index (χ4v) is 2.93. The van der Waals surface area contributed by atoms with Crippen molar-refractivity contribution in [1.29, 1.82) is 0 Å². The summed E-state index contributed by atoms with van der Waals surface area (Å²) in [5.41, 5.74) is 2.46. The van der Waals surface area contributed by atoms with Crippen LogP contribution in [0.5, 0.6) is 0 Å². The van der Waals surface area contributed by atoms with Crippen LogP contribution in [-0.2, 0) is 0 Å². The number of nitrogens with one attached hydrogen (secondary N) is 1. The van der Waals surface area contributed by atoms with Gasteiger partial charge in [-0.25, -0.2) is 0 Å². The monoisotopic (exact) mass is 262 g/mol. The summed E-state index contributed by atoms with van der Waals surface area (Å²) in [4.78, 5) is 2.50. The number of aliphatic hydroxyl groups is 1. The van der Waals surface area contributed by atoms with Gasteiger partial charge in [-0.2, -0.15) is 0 Å². The first-order valence-corrected chi connectivity index (χ1v) is 7.17. The predicted molar refractivity (Wildman–Crippen MR) is 79.2 cm³/mol. The van der Waals surface area contributed by atoms with Crippen molar-refractivity contribution in [3.63, 3.8) is 0 Å². The van der Waals surface area contributed by atoms with E-state index in [-0.39, 0.29) is 18.1 Å². The van der Waals surface area contributed by atoms with Crippen molar-refractivity contribution in [3.05, 3.63) is 35.4 Å². The molecule has 0 bridgehead atoms. The van der Waals surface area contributed by atoms with E-state index in [1.54, 1.807) is 0 Å². The summed E-state index contributed by atoms with van der Waals surface area (Å²) >= 11 is 0. The number of piperazine rings is 1. The Bertz CT molecular complexity index is 394. The Hall–Kier alpha value is -0.900. The molecule has 19 heavy (non-hydrogen) atoms. The highest BCUT2D eigenvalue weighted by atomic mass is 16.3. The zero-order valence-corrected chi connectivity index (χ0v) is 12.3. The second kappa shape index (κ2) is 6.04. The van der Waals surface area contributed by atoms with Crippen LogP contribution in [-0.4, -0.2) is 42.8 Å². The second-order valence-electron chi connectivity index (χ2n) is 6.25. The van der Waals surface area contributed by atoms with Crippen molar-refractivity contribution in [2.45, 2.75) is 26.8 Å². The summed E-state index contributed by atoms with van der Waals surface area (Å²) in [6.07, 6.45) is 0. The van der Waals surface area contributed by atoms with Crippen molar-refractivity contribution in [2.75, 3.05) is 32.8 Å². The molecule has 1 fully saturated rings. The first-order chi connectivity index (χ1) is 9.04. The van der Waals surface area contributed by atoms with Crippen molar-refractivity contribution >= 4 is 0 Å². The molecule has 3 nitrogen and oxygen atoms in total. The molecular weight excluding hydrogens is 236 g/mol. The summed E-state index contributed by atoms with van der Waals surface area (Å²) in [5.74, 6) is 0. The molecule has 2 N–H and O–H groups in total. The summed E-state index contributed by atoms with van der Waals surface area (Å²) in [6.45, 7) is 10.8. The van der Waals surface area contributed by atoms with Crippen LogP contribution in [0, 0.1) is 12.3 Å². The molecule has 0 radical (unpaired) electrons. The van der Waals surface area contributed by atoms with E-state index < -0.39 is 0 Å². The van der Waals surface area contributed by atoms with Gasteiger partial charge in [-0.1, -0.05) is 43.7 Å². The minimum Gasteiger partial charge on any atom is -0.396 e. The van der Waals surface area contributed by atoms with E-state index in [9.17, 15) is 5.11 Å². The van der Waals surface area contributed by atoms with Gasteiger partial charge in [0.1, 0.15) is 0 Å². The highest BCUT2D eigenvalue weighted by Gasteiger charge is 2.35. The van der Waals surface area contributed by atoms with Gasteiger partial charge in [-0.05, 0) is 12.5 Å². The van der Waals surface area contributed by atoms with Crippen molar-refractivity contribution in [3.8, 4) is 0 Å². The highest BCUT2D eigenvalue weighted by molar-refractivity contribution is 5.26. The maximum Gasteiger partial charge on any atom is 0.0500 e. The number of rotatable bonds is 4. The fraction of sp³-hybridized carbons (Fsp3) is 0.625. The standard InChI is InChI=1S/C16H26N2O/c1-13-4-6-14(7-5-13)15(16(2,3)12-19)18-10-8-17-9-11-18/h4-7,15,17,19H,8-12H2,1-3H3/t15-/m1/s1. The lowest BCUT2D eigenvalue weighted by atomic mass is 9.79. The maximum atomic E-state index is 9.77. The highest BCUT2D eigenvalue weighted by Crippen LogP contribution is 2.38. The Morgan fingerprint density at radius 3 is 2.32 bits per heavy atom. The molecule has 0 saturated carbocycles. The van der Waals surface area contributed by atoms with Gasteiger partial charge < -0.3 is 10.4 Å². The Morgan fingerprint density at radius 2 is 1.79 bits per heavy atom. The molecule has 0 unspecified atom stereocenters. The third kappa shape index (κ3) is 3.35. The summed E-state index contributed by atoms with van der Waals surface area (Å²) in [6, 6.07) is 9.02. The summed E-state index contributed by atoms with van der Waals surface area (Å²) in [5, 5.41) is 13.2. The Labute approximate surface area is 116 Å².